The maximum absolute atomic E-state index is 12.4. The van der Waals surface area contributed by atoms with E-state index in [1.54, 1.807) is 16.1 Å². The van der Waals surface area contributed by atoms with Crippen molar-refractivity contribution in [3.63, 3.8) is 0 Å². The SMILES string of the molecule is CCn1cnnc1SCC(=O)N1CCN(C(=O)Nc2ccccc2)CC1. The van der Waals surface area contributed by atoms with Crippen LogP contribution in [0.2, 0.25) is 0 Å². The molecule has 1 aliphatic rings. The molecule has 9 heteroatoms. The van der Waals surface area contributed by atoms with E-state index in [0.29, 0.717) is 31.9 Å². The van der Waals surface area contributed by atoms with Crippen LogP contribution in [0.15, 0.2) is 41.8 Å². The van der Waals surface area contributed by atoms with Crippen molar-refractivity contribution in [1.29, 1.82) is 0 Å². The van der Waals surface area contributed by atoms with Crippen molar-refractivity contribution in [3.8, 4) is 0 Å². The zero-order chi connectivity index (χ0) is 18.4. The molecule has 0 atom stereocenters. The van der Waals surface area contributed by atoms with Gasteiger partial charge in [-0.25, -0.2) is 4.79 Å². The average molecular weight is 374 g/mol. The van der Waals surface area contributed by atoms with Crippen LogP contribution in [-0.2, 0) is 11.3 Å². The quantitative estimate of drug-likeness (QED) is 0.807. The summed E-state index contributed by atoms with van der Waals surface area (Å²) < 4.78 is 1.91. The average Bonchev–Trinajstić information content (AvgIpc) is 3.14. The second-order valence-electron chi connectivity index (χ2n) is 5.85. The maximum atomic E-state index is 12.4. The summed E-state index contributed by atoms with van der Waals surface area (Å²) in [6, 6.07) is 9.23. The first-order valence-electron chi connectivity index (χ1n) is 8.56. The number of hydrogen-bond acceptors (Lipinski definition) is 5. The Hall–Kier alpha value is -2.55. The number of rotatable bonds is 5. The number of urea groups is 1. The summed E-state index contributed by atoms with van der Waals surface area (Å²) in [7, 11) is 0. The highest BCUT2D eigenvalue weighted by Gasteiger charge is 2.24. The third kappa shape index (κ3) is 4.54. The van der Waals surface area contributed by atoms with Crippen LogP contribution in [0.3, 0.4) is 0 Å². The van der Waals surface area contributed by atoms with Crippen molar-refractivity contribution in [2.75, 3.05) is 37.2 Å². The van der Waals surface area contributed by atoms with Gasteiger partial charge in [-0.05, 0) is 19.1 Å². The van der Waals surface area contributed by atoms with Crippen LogP contribution >= 0.6 is 11.8 Å². The number of nitrogens with one attached hydrogen (secondary N) is 1. The molecular weight excluding hydrogens is 352 g/mol. The summed E-state index contributed by atoms with van der Waals surface area (Å²) in [5.74, 6) is 0.387. The van der Waals surface area contributed by atoms with Gasteiger partial charge in [-0.2, -0.15) is 0 Å². The van der Waals surface area contributed by atoms with Crippen LogP contribution in [0.4, 0.5) is 10.5 Å². The van der Waals surface area contributed by atoms with Gasteiger partial charge in [0.05, 0.1) is 5.75 Å². The van der Waals surface area contributed by atoms with Crippen molar-refractivity contribution in [3.05, 3.63) is 36.7 Å². The Morgan fingerprint density at radius 1 is 1.12 bits per heavy atom. The molecule has 2 aromatic rings. The minimum atomic E-state index is -0.131. The first kappa shape index (κ1) is 18.2. The normalized spacial score (nSPS) is 14.3. The number of anilines is 1. The second kappa shape index (κ2) is 8.70. The Kier molecular flexibility index (Phi) is 6.11. The summed E-state index contributed by atoms with van der Waals surface area (Å²) in [6.07, 6.45) is 1.66. The Morgan fingerprint density at radius 3 is 2.50 bits per heavy atom. The lowest BCUT2D eigenvalue weighted by Gasteiger charge is -2.34. The second-order valence-corrected chi connectivity index (χ2v) is 6.79. The lowest BCUT2D eigenvalue weighted by molar-refractivity contribution is -0.129. The number of thioether (sulfide) groups is 1. The zero-order valence-electron chi connectivity index (χ0n) is 14.7. The Labute approximate surface area is 156 Å². The molecule has 0 spiro atoms. The fourth-order valence-corrected chi connectivity index (χ4v) is 3.56. The van der Waals surface area contributed by atoms with Gasteiger partial charge in [-0.1, -0.05) is 30.0 Å². The number of piperazine rings is 1. The molecule has 0 unspecified atom stereocenters. The van der Waals surface area contributed by atoms with Gasteiger partial charge < -0.3 is 19.7 Å². The number of nitrogens with zero attached hydrogens (tertiary/aromatic N) is 5. The predicted molar refractivity (Wildman–Crippen MR) is 100 cm³/mol. The molecule has 1 N–H and O–H groups in total. The van der Waals surface area contributed by atoms with E-state index in [1.165, 1.54) is 11.8 Å². The summed E-state index contributed by atoms with van der Waals surface area (Å²) >= 11 is 1.39. The van der Waals surface area contributed by atoms with Crippen molar-refractivity contribution in [2.24, 2.45) is 0 Å². The fourth-order valence-electron chi connectivity index (χ4n) is 2.67. The summed E-state index contributed by atoms with van der Waals surface area (Å²) in [5.41, 5.74) is 0.771. The van der Waals surface area contributed by atoms with E-state index in [2.05, 4.69) is 15.5 Å². The van der Waals surface area contributed by atoms with Gasteiger partial charge in [-0.3, -0.25) is 4.79 Å². The molecule has 1 saturated heterocycles. The van der Waals surface area contributed by atoms with Gasteiger partial charge in [-0.15, -0.1) is 10.2 Å². The molecule has 0 aliphatic carbocycles. The molecule has 0 bridgehead atoms. The van der Waals surface area contributed by atoms with Crippen LogP contribution in [0.5, 0.6) is 0 Å². The number of carbonyl (C=O) groups is 2. The molecule has 0 saturated carbocycles. The Bertz CT molecular complexity index is 743. The minimum absolute atomic E-state index is 0.0590. The first-order valence-corrected chi connectivity index (χ1v) is 9.55. The fraction of sp³-hybridized carbons (Fsp3) is 0.412. The lowest BCUT2D eigenvalue weighted by atomic mass is 10.3. The number of benzene rings is 1. The van der Waals surface area contributed by atoms with E-state index >= 15 is 0 Å². The van der Waals surface area contributed by atoms with E-state index < -0.39 is 0 Å². The van der Waals surface area contributed by atoms with E-state index in [4.69, 9.17) is 0 Å². The largest absolute Gasteiger partial charge is 0.338 e. The topological polar surface area (TPSA) is 83.4 Å². The summed E-state index contributed by atoms with van der Waals surface area (Å²) in [4.78, 5) is 28.2. The molecule has 3 rings (SSSR count). The number of hydrogen-bond donors (Lipinski definition) is 1. The molecule has 8 nitrogen and oxygen atoms in total. The molecule has 26 heavy (non-hydrogen) atoms. The number of aryl methyl sites for hydroxylation is 1. The number of para-hydroxylation sites is 1. The third-order valence-electron chi connectivity index (χ3n) is 4.19. The highest BCUT2D eigenvalue weighted by Crippen LogP contribution is 2.16. The highest BCUT2D eigenvalue weighted by molar-refractivity contribution is 7.99. The molecular formula is C17H22N6O2S. The van der Waals surface area contributed by atoms with Crippen molar-refractivity contribution in [2.45, 2.75) is 18.6 Å². The van der Waals surface area contributed by atoms with Crippen LogP contribution in [-0.4, -0.2) is 68.4 Å². The van der Waals surface area contributed by atoms with Crippen molar-refractivity contribution < 1.29 is 9.59 Å². The molecule has 1 aromatic carbocycles. The van der Waals surface area contributed by atoms with Crippen molar-refractivity contribution in [1.82, 2.24) is 24.6 Å². The molecule has 2 heterocycles. The van der Waals surface area contributed by atoms with Gasteiger partial charge >= 0.3 is 6.03 Å². The molecule has 0 radical (unpaired) electrons. The lowest BCUT2D eigenvalue weighted by Crippen LogP contribution is -2.52. The molecule has 1 aliphatic heterocycles. The number of amides is 3. The van der Waals surface area contributed by atoms with E-state index in [-0.39, 0.29) is 11.9 Å². The number of carbonyl (C=O) groups excluding carboxylic acids is 2. The molecule has 138 valence electrons. The van der Waals surface area contributed by atoms with Gasteiger partial charge in [0.1, 0.15) is 6.33 Å². The van der Waals surface area contributed by atoms with Gasteiger partial charge in [0.15, 0.2) is 5.16 Å². The highest BCUT2D eigenvalue weighted by atomic mass is 32.2. The van der Waals surface area contributed by atoms with E-state index in [1.807, 2.05) is 41.8 Å². The van der Waals surface area contributed by atoms with E-state index in [0.717, 1.165) is 17.4 Å². The Balaban J connectivity index is 1.44. The van der Waals surface area contributed by atoms with Crippen LogP contribution in [0, 0.1) is 0 Å². The van der Waals surface area contributed by atoms with Gasteiger partial charge in [0.2, 0.25) is 5.91 Å². The standard InChI is InChI=1S/C17H22N6O2S/c1-2-21-13-18-20-17(21)26-12-15(24)22-8-10-23(11-9-22)16(25)19-14-6-4-3-5-7-14/h3-7,13H,2,8-12H2,1H3,(H,19,25). The third-order valence-corrected chi connectivity index (χ3v) is 5.16. The van der Waals surface area contributed by atoms with Crippen LogP contribution < -0.4 is 5.32 Å². The smallest absolute Gasteiger partial charge is 0.321 e. The van der Waals surface area contributed by atoms with Crippen LogP contribution in [0.25, 0.3) is 0 Å². The monoisotopic (exact) mass is 374 g/mol. The Morgan fingerprint density at radius 2 is 1.81 bits per heavy atom. The van der Waals surface area contributed by atoms with Crippen LogP contribution in [0.1, 0.15) is 6.92 Å². The van der Waals surface area contributed by atoms with Crippen molar-refractivity contribution >= 4 is 29.4 Å². The summed E-state index contributed by atoms with van der Waals surface area (Å²) in [5, 5.41) is 11.5. The van der Waals surface area contributed by atoms with E-state index in [9.17, 15) is 9.59 Å². The maximum Gasteiger partial charge on any atom is 0.321 e. The summed E-state index contributed by atoms with van der Waals surface area (Å²) in [6.45, 7) is 4.93. The van der Waals surface area contributed by atoms with Gasteiger partial charge in [0, 0.05) is 38.4 Å². The predicted octanol–water partition coefficient (Wildman–Crippen LogP) is 1.77. The zero-order valence-corrected chi connectivity index (χ0v) is 15.5. The van der Waals surface area contributed by atoms with Gasteiger partial charge in [0.25, 0.3) is 0 Å². The molecule has 1 aromatic heterocycles. The molecule has 1 fully saturated rings. The number of aromatic nitrogens is 3. The molecule has 3 amide bonds. The first-order chi connectivity index (χ1) is 12.7. The minimum Gasteiger partial charge on any atom is -0.338 e.